The summed E-state index contributed by atoms with van der Waals surface area (Å²) in [5.74, 6) is -0.600. The Balaban J connectivity index is 2.41. The average Bonchev–Trinajstić information content (AvgIpc) is 2.46. The normalized spacial score (nSPS) is 11.4. The first-order chi connectivity index (χ1) is 10.3. The molecule has 3 nitrogen and oxygen atoms in total. The number of benzene rings is 2. The maximum atomic E-state index is 14.0. The topological polar surface area (TPSA) is 44.5 Å². The fourth-order valence-corrected chi connectivity index (χ4v) is 1.99. The smallest absolute Gasteiger partial charge is 0.497 e. The van der Waals surface area contributed by atoms with Crippen molar-refractivity contribution in [1.29, 1.82) is 0 Å². The molecule has 0 aliphatic carbocycles. The number of nitrogens with two attached hydrogens (primary N) is 1. The van der Waals surface area contributed by atoms with Crippen molar-refractivity contribution in [2.24, 2.45) is 5.73 Å². The van der Waals surface area contributed by atoms with Gasteiger partial charge < -0.3 is 15.2 Å². The number of rotatable bonds is 4. The van der Waals surface area contributed by atoms with Crippen molar-refractivity contribution in [3.05, 3.63) is 47.8 Å². The Morgan fingerprint density at radius 1 is 1.09 bits per heavy atom. The molecule has 0 radical (unpaired) electrons. The number of ether oxygens (including phenoxy) is 2. The standard InChI is InChI=1S/C15H13F4NO2/c1-21-11-3-4-12(13(16)7-11)9-2-5-14(10(6-9)8-20)22-15(17,18)19/h2-7H,8,20H2,1H3. The SMILES string of the molecule is COc1ccc(-c2ccc(OC(F)(F)F)c(CN)c2)c(F)c1. The predicted molar refractivity (Wildman–Crippen MR) is 73.0 cm³/mol. The molecule has 0 fully saturated rings. The third kappa shape index (κ3) is 3.67. The van der Waals surface area contributed by atoms with E-state index in [-0.39, 0.29) is 17.7 Å². The molecule has 0 spiro atoms. The average molecular weight is 315 g/mol. The molecule has 0 amide bonds. The van der Waals surface area contributed by atoms with Gasteiger partial charge in [-0.2, -0.15) is 0 Å². The largest absolute Gasteiger partial charge is 0.573 e. The lowest BCUT2D eigenvalue weighted by molar-refractivity contribution is -0.274. The molecule has 118 valence electrons. The van der Waals surface area contributed by atoms with E-state index in [9.17, 15) is 17.6 Å². The molecule has 2 aromatic carbocycles. The molecule has 0 aliphatic heterocycles. The molecule has 0 aliphatic rings. The van der Waals surface area contributed by atoms with Crippen LogP contribution >= 0.6 is 0 Å². The van der Waals surface area contributed by atoms with Crippen molar-refractivity contribution in [3.63, 3.8) is 0 Å². The van der Waals surface area contributed by atoms with E-state index in [1.807, 2.05) is 0 Å². The van der Waals surface area contributed by atoms with Gasteiger partial charge in [-0.25, -0.2) is 4.39 Å². The molecule has 22 heavy (non-hydrogen) atoms. The predicted octanol–water partition coefficient (Wildman–Crippen LogP) is 3.86. The number of methoxy groups -OCH3 is 1. The molecule has 0 aromatic heterocycles. The Kier molecular flexibility index (Phi) is 4.56. The third-order valence-electron chi connectivity index (χ3n) is 2.99. The van der Waals surface area contributed by atoms with Crippen LogP contribution in [-0.2, 0) is 6.54 Å². The van der Waals surface area contributed by atoms with Gasteiger partial charge in [0.05, 0.1) is 7.11 Å². The van der Waals surface area contributed by atoms with Gasteiger partial charge in [0, 0.05) is 23.7 Å². The van der Waals surface area contributed by atoms with Crippen molar-refractivity contribution in [1.82, 2.24) is 0 Å². The van der Waals surface area contributed by atoms with E-state index in [0.717, 1.165) is 6.07 Å². The van der Waals surface area contributed by atoms with Gasteiger partial charge in [-0.3, -0.25) is 0 Å². The summed E-state index contributed by atoms with van der Waals surface area (Å²) < 4.78 is 59.7. The molecule has 2 aromatic rings. The van der Waals surface area contributed by atoms with E-state index >= 15 is 0 Å². The van der Waals surface area contributed by atoms with E-state index < -0.39 is 17.9 Å². The molecule has 0 saturated carbocycles. The van der Waals surface area contributed by atoms with Crippen molar-refractivity contribution in [3.8, 4) is 22.6 Å². The van der Waals surface area contributed by atoms with Crippen LogP contribution in [0.5, 0.6) is 11.5 Å². The number of halogens is 4. The van der Waals surface area contributed by atoms with Crippen molar-refractivity contribution in [2.75, 3.05) is 7.11 Å². The molecule has 0 heterocycles. The fraction of sp³-hybridized carbons (Fsp3) is 0.200. The second-order valence-corrected chi connectivity index (χ2v) is 4.42. The third-order valence-corrected chi connectivity index (χ3v) is 2.99. The van der Waals surface area contributed by atoms with Crippen LogP contribution in [0.25, 0.3) is 11.1 Å². The molecule has 7 heteroatoms. The highest BCUT2D eigenvalue weighted by Crippen LogP contribution is 2.32. The van der Waals surface area contributed by atoms with Crippen LogP contribution in [0.4, 0.5) is 17.6 Å². The molecule has 2 rings (SSSR count). The van der Waals surface area contributed by atoms with Crippen LogP contribution in [0.15, 0.2) is 36.4 Å². The monoisotopic (exact) mass is 315 g/mol. The van der Waals surface area contributed by atoms with Crippen LogP contribution in [-0.4, -0.2) is 13.5 Å². The van der Waals surface area contributed by atoms with Gasteiger partial charge in [0.15, 0.2) is 0 Å². The van der Waals surface area contributed by atoms with Gasteiger partial charge >= 0.3 is 6.36 Å². The quantitative estimate of drug-likeness (QED) is 0.871. The highest BCUT2D eigenvalue weighted by atomic mass is 19.4. The van der Waals surface area contributed by atoms with E-state index in [4.69, 9.17) is 10.5 Å². The Bertz CT molecular complexity index is 671. The first-order valence-electron chi connectivity index (χ1n) is 6.26. The Morgan fingerprint density at radius 3 is 2.36 bits per heavy atom. The van der Waals surface area contributed by atoms with E-state index in [2.05, 4.69) is 4.74 Å². The second-order valence-electron chi connectivity index (χ2n) is 4.42. The van der Waals surface area contributed by atoms with Crippen LogP contribution in [0, 0.1) is 5.82 Å². The lowest BCUT2D eigenvalue weighted by Crippen LogP contribution is -2.18. The minimum Gasteiger partial charge on any atom is -0.497 e. The van der Waals surface area contributed by atoms with Gasteiger partial charge in [-0.1, -0.05) is 6.07 Å². The maximum absolute atomic E-state index is 14.0. The highest BCUT2D eigenvalue weighted by molar-refractivity contribution is 5.67. The van der Waals surface area contributed by atoms with Gasteiger partial charge in [0.2, 0.25) is 0 Å². The molecular formula is C15H13F4NO2. The molecular weight excluding hydrogens is 302 g/mol. The first kappa shape index (κ1) is 16.1. The molecule has 0 atom stereocenters. The van der Waals surface area contributed by atoms with Crippen molar-refractivity contribution >= 4 is 0 Å². The molecule has 0 bridgehead atoms. The minimum absolute atomic E-state index is 0.130. The summed E-state index contributed by atoms with van der Waals surface area (Å²) >= 11 is 0. The Morgan fingerprint density at radius 2 is 1.82 bits per heavy atom. The number of hydrogen-bond acceptors (Lipinski definition) is 3. The van der Waals surface area contributed by atoms with E-state index in [1.165, 1.54) is 31.4 Å². The van der Waals surface area contributed by atoms with Gasteiger partial charge in [-0.05, 0) is 29.8 Å². The van der Waals surface area contributed by atoms with Crippen LogP contribution in [0.2, 0.25) is 0 Å². The highest BCUT2D eigenvalue weighted by Gasteiger charge is 2.32. The van der Waals surface area contributed by atoms with Crippen molar-refractivity contribution < 1.29 is 27.0 Å². The van der Waals surface area contributed by atoms with Crippen LogP contribution in [0.3, 0.4) is 0 Å². The molecule has 0 unspecified atom stereocenters. The second kappa shape index (κ2) is 6.23. The first-order valence-corrected chi connectivity index (χ1v) is 6.26. The van der Waals surface area contributed by atoms with Crippen LogP contribution < -0.4 is 15.2 Å². The zero-order chi connectivity index (χ0) is 16.3. The summed E-state index contributed by atoms with van der Waals surface area (Å²) in [6.07, 6.45) is -4.81. The van der Waals surface area contributed by atoms with Crippen molar-refractivity contribution in [2.45, 2.75) is 12.9 Å². The Hall–Kier alpha value is -2.28. The van der Waals surface area contributed by atoms with E-state index in [1.54, 1.807) is 6.07 Å². The van der Waals surface area contributed by atoms with E-state index in [0.29, 0.717) is 11.3 Å². The minimum atomic E-state index is -4.81. The summed E-state index contributed by atoms with van der Waals surface area (Å²) in [6, 6.07) is 8.05. The summed E-state index contributed by atoms with van der Waals surface area (Å²) in [7, 11) is 1.41. The van der Waals surface area contributed by atoms with Gasteiger partial charge in [0.25, 0.3) is 0 Å². The summed E-state index contributed by atoms with van der Waals surface area (Å²) in [6.45, 7) is -0.170. The molecule has 2 N–H and O–H groups in total. The number of hydrogen-bond donors (Lipinski definition) is 1. The van der Waals surface area contributed by atoms with Gasteiger partial charge in [0.1, 0.15) is 17.3 Å². The van der Waals surface area contributed by atoms with Crippen LogP contribution in [0.1, 0.15) is 5.56 Å². The summed E-state index contributed by atoms with van der Waals surface area (Å²) in [5, 5.41) is 0. The number of alkyl halides is 3. The lowest BCUT2D eigenvalue weighted by atomic mass is 10.0. The summed E-state index contributed by atoms with van der Waals surface area (Å²) in [5.41, 5.74) is 6.20. The zero-order valence-corrected chi connectivity index (χ0v) is 11.6. The maximum Gasteiger partial charge on any atom is 0.573 e. The molecule has 0 saturated heterocycles. The summed E-state index contributed by atoms with van der Waals surface area (Å²) in [4.78, 5) is 0. The zero-order valence-electron chi connectivity index (χ0n) is 11.6. The fourth-order valence-electron chi connectivity index (χ4n) is 1.99. The van der Waals surface area contributed by atoms with Gasteiger partial charge in [-0.15, -0.1) is 13.2 Å². The lowest BCUT2D eigenvalue weighted by Gasteiger charge is -2.14. The Labute approximate surface area is 124 Å².